The molecular formula is C46H28N4. The lowest BCUT2D eigenvalue weighted by atomic mass is 9.82. The summed E-state index contributed by atoms with van der Waals surface area (Å²) >= 11 is 0. The quantitative estimate of drug-likeness (QED) is 0.189. The molecule has 50 heavy (non-hydrogen) atoms. The van der Waals surface area contributed by atoms with Crippen molar-refractivity contribution >= 4 is 21.5 Å². The van der Waals surface area contributed by atoms with E-state index in [4.69, 9.17) is 9.97 Å². The minimum atomic E-state index is 0.569. The molecule has 0 radical (unpaired) electrons. The fourth-order valence-electron chi connectivity index (χ4n) is 7.67. The summed E-state index contributed by atoms with van der Waals surface area (Å²) in [6.07, 6.45) is 3.58. The number of hydrogen-bond acceptors (Lipinski definition) is 4. The summed E-state index contributed by atoms with van der Waals surface area (Å²) < 4.78 is 0. The van der Waals surface area contributed by atoms with Crippen LogP contribution in [0.15, 0.2) is 170 Å². The molecule has 6 aromatic carbocycles. The fourth-order valence-corrected chi connectivity index (χ4v) is 7.67. The largest absolute Gasteiger partial charge is 0.255 e. The SMILES string of the molecule is c1ccc(-c2c3c(c(-c4ccccc4)c4ccccc24)-c2ccc(-c4cc(-c5ccccn5)nc(-c5ccccn5)n4)c4cccc-3c24)cc1. The maximum absolute atomic E-state index is 5.15. The lowest BCUT2D eigenvalue weighted by molar-refractivity contribution is 1.13. The molecule has 0 aliphatic heterocycles. The zero-order valence-electron chi connectivity index (χ0n) is 27.0. The standard InChI is InChI=1S/C46H28N4/c1-3-14-29(15-4-1)41-33-18-7-8-19-34(33)42(30-16-5-2-6-17-30)45-36-25-24-31(32-20-13-21-35(43(32)36)44(41)45)39-28-40(37-22-9-11-26-47-37)50-46(49-39)38-23-10-12-27-48-38/h1-28H. The van der Waals surface area contributed by atoms with Crippen LogP contribution in [0.25, 0.3) is 100 Å². The Balaban J connectivity index is 1.30. The van der Waals surface area contributed by atoms with Crippen LogP contribution >= 0.6 is 0 Å². The molecule has 1 aliphatic carbocycles. The van der Waals surface area contributed by atoms with Gasteiger partial charge in [0, 0.05) is 18.0 Å². The van der Waals surface area contributed by atoms with Crippen LogP contribution < -0.4 is 0 Å². The predicted molar refractivity (Wildman–Crippen MR) is 204 cm³/mol. The molecule has 1 aliphatic rings. The van der Waals surface area contributed by atoms with Crippen molar-refractivity contribution in [2.24, 2.45) is 0 Å². The van der Waals surface area contributed by atoms with Gasteiger partial charge in [-0.2, -0.15) is 0 Å². The number of aromatic nitrogens is 4. The van der Waals surface area contributed by atoms with Crippen molar-refractivity contribution in [2.45, 2.75) is 0 Å². The summed E-state index contributed by atoms with van der Waals surface area (Å²) in [4.78, 5) is 19.3. The first-order valence-corrected chi connectivity index (χ1v) is 16.8. The Morgan fingerprint density at radius 3 is 1.46 bits per heavy atom. The van der Waals surface area contributed by atoms with E-state index in [0.717, 1.165) is 33.7 Å². The zero-order chi connectivity index (χ0) is 33.0. The Bertz CT molecular complexity index is 2580. The number of benzene rings is 6. The summed E-state index contributed by atoms with van der Waals surface area (Å²) in [5.41, 5.74) is 14.1. The highest BCUT2D eigenvalue weighted by Gasteiger charge is 2.31. The van der Waals surface area contributed by atoms with Crippen LogP contribution in [0.4, 0.5) is 0 Å². The first kappa shape index (κ1) is 28.3. The Hall–Kier alpha value is -6.78. The van der Waals surface area contributed by atoms with Gasteiger partial charge < -0.3 is 0 Å². The molecule has 0 saturated heterocycles. The van der Waals surface area contributed by atoms with Gasteiger partial charge >= 0.3 is 0 Å². The molecule has 0 atom stereocenters. The van der Waals surface area contributed by atoms with Gasteiger partial charge in [-0.15, -0.1) is 0 Å². The Morgan fingerprint density at radius 2 is 0.840 bits per heavy atom. The molecule has 0 bridgehead atoms. The van der Waals surface area contributed by atoms with Crippen LogP contribution in [0.2, 0.25) is 0 Å². The second-order valence-electron chi connectivity index (χ2n) is 12.6. The second-order valence-corrected chi connectivity index (χ2v) is 12.6. The van der Waals surface area contributed by atoms with Crippen molar-refractivity contribution in [3.05, 3.63) is 170 Å². The third-order valence-corrected chi connectivity index (χ3v) is 9.74. The molecule has 0 amide bonds. The van der Waals surface area contributed by atoms with Crippen molar-refractivity contribution in [1.29, 1.82) is 0 Å². The van der Waals surface area contributed by atoms with Crippen molar-refractivity contribution in [3.63, 3.8) is 0 Å². The summed E-state index contributed by atoms with van der Waals surface area (Å²) in [6, 6.07) is 55.5. The van der Waals surface area contributed by atoms with Crippen LogP contribution in [0, 0.1) is 0 Å². The van der Waals surface area contributed by atoms with Gasteiger partial charge in [-0.3, -0.25) is 9.97 Å². The molecule has 4 nitrogen and oxygen atoms in total. The fraction of sp³-hybridized carbons (Fsp3) is 0. The van der Waals surface area contributed by atoms with Gasteiger partial charge in [-0.05, 0) is 96.4 Å². The number of pyridine rings is 2. The monoisotopic (exact) mass is 636 g/mol. The highest BCUT2D eigenvalue weighted by molar-refractivity contribution is 6.28. The molecule has 0 spiro atoms. The van der Waals surface area contributed by atoms with Crippen molar-refractivity contribution in [1.82, 2.24) is 19.9 Å². The van der Waals surface area contributed by atoms with E-state index in [9.17, 15) is 0 Å². The van der Waals surface area contributed by atoms with E-state index in [1.807, 2.05) is 36.4 Å². The Kier molecular flexibility index (Phi) is 6.46. The zero-order valence-corrected chi connectivity index (χ0v) is 27.0. The van der Waals surface area contributed by atoms with Gasteiger partial charge in [0.2, 0.25) is 0 Å². The average molecular weight is 637 g/mol. The topological polar surface area (TPSA) is 51.6 Å². The molecule has 232 valence electrons. The van der Waals surface area contributed by atoms with Gasteiger partial charge in [-0.25, -0.2) is 9.97 Å². The molecule has 0 N–H and O–H groups in total. The molecule has 4 heteroatoms. The third kappa shape index (κ3) is 4.39. The lowest BCUT2D eigenvalue weighted by Crippen LogP contribution is -1.98. The maximum Gasteiger partial charge on any atom is 0.179 e. The van der Waals surface area contributed by atoms with Gasteiger partial charge in [0.25, 0.3) is 0 Å². The molecular weight excluding hydrogens is 609 g/mol. The highest BCUT2D eigenvalue weighted by atomic mass is 14.9. The van der Waals surface area contributed by atoms with Crippen LogP contribution in [-0.4, -0.2) is 19.9 Å². The summed E-state index contributed by atoms with van der Waals surface area (Å²) in [5, 5.41) is 4.88. The summed E-state index contributed by atoms with van der Waals surface area (Å²) in [6.45, 7) is 0. The molecule has 3 aromatic heterocycles. The normalized spacial score (nSPS) is 11.6. The smallest absolute Gasteiger partial charge is 0.179 e. The predicted octanol–water partition coefficient (Wildman–Crippen LogP) is 11.6. The lowest BCUT2D eigenvalue weighted by Gasteiger charge is -2.20. The molecule has 3 heterocycles. The average Bonchev–Trinajstić information content (AvgIpc) is 3.53. The van der Waals surface area contributed by atoms with E-state index in [1.165, 1.54) is 60.7 Å². The first-order valence-electron chi connectivity index (χ1n) is 16.8. The van der Waals surface area contributed by atoms with Crippen molar-refractivity contribution in [3.8, 4) is 78.7 Å². The number of hydrogen-bond donors (Lipinski definition) is 0. The highest BCUT2D eigenvalue weighted by Crippen LogP contribution is 2.58. The molecule has 0 saturated carbocycles. The van der Waals surface area contributed by atoms with Gasteiger partial charge in [0.15, 0.2) is 5.82 Å². The molecule has 10 rings (SSSR count). The maximum atomic E-state index is 5.15. The van der Waals surface area contributed by atoms with E-state index in [2.05, 4.69) is 131 Å². The molecule has 9 aromatic rings. The number of rotatable bonds is 5. The van der Waals surface area contributed by atoms with Crippen LogP contribution in [0.5, 0.6) is 0 Å². The van der Waals surface area contributed by atoms with Crippen LogP contribution in [0.3, 0.4) is 0 Å². The van der Waals surface area contributed by atoms with Gasteiger partial charge in [0.05, 0.1) is 17.1 Å². The van der Waals surface area contributed by atoms with E-state index >= 15 is 0 Å². The van der Waals surface area contributed by atoms with Crippen LogP contribution in [0.1, 0.15) is 0 Å². The Labute approximate surface area is 289 Å². The number of fused-ring (bicyclic) bond motifs is 4. The second kappa shape index (κ2) is 11.4. The van der Waals surface area contributed by atoms with Crippen molar-refractivity contribution < 1.29 is 0 Å². The summed E-state index contributed by atoms with van der Waals surface area (Å²) in [5.74, 6) is 0.569. The van der Waals surface area contributed by atoms with E-state index in [1.54, 1.807) is 12.4 Å². The third-order valence-electron chi connectivity index (χ3n) is 9.74. The number of nitrogens with zero attached hydrogens (tertiary/aromatic N) is 4. The van der Waals surface area contributed by atoms with Crippen LogP contribution in [-0.2, 0) is 0 Å². The van der Waals surface area contributed by atoms with E-state index in [-0.39, 0.29) is 0 Å². The molecule has 0 fully saturated rings. The summed E-state index contributed by atoms with van der Waals surface area (Å²) in [7, 11) is 0. The van der Waals surface area contributed by atoms with Gasteiger partial charge in [0.1, 0.15) is 5.69 Å². The van der Waals surface area contributed by atoms with Crippen molar-refractivity contribution in [2.75, 3.05) is 0 Å². The van der Waals surface area contributed by atoms with E-state index in [0.29, 0.717) is 5.82 Å². The first-order chi connectivity index (χ1) is 24.8. The van der Waals surface area contributed by atoms with E-state index < -0.39 is 0 Å². The Morgan fingerprint density at radius 1 is 0.320 bits per heavy atom. The molecule has 0 unspecified atom stereocenters. The minimum Gasteiger partial charge on any atom is -0.255 e. The van der Waals surface area contributed by atoms with Gasteiger partial charge in [-0.1, -0.05) is 127 Å². The minimum absolute atomic E-state index is 0.569.